The van der Waals surface area contributed by atoms with Crippen molar-refractivity contribution in [1.82, 2.24) is 5.32 Å². The number of carboxylic acid groups (broad SMARTS) is 1. The fourth-order valence-electron chi connectivity index (χ4n) is 7.00. The van der Waals surface area contributed by atoms with E-state index in [2.05, 4.69) is 5.32 Å². The van der Waals surface area contributed by atoms with Crippen molar-refractivity contribution >= 4 is 62.7 Å². The number of nitrogens with one attached hydrogen (secondary N) is 2. The fraction of sp³-hybridized carbons (Fsp3) is 0.0476. The third-order valence-electron chi connectivity index (χ3n) is 9.46. The summed E-state index contributed by atoms with van der Waals surface area (Å²) in [7, 11) is 0. The molecule has 2 heterocycles. The summed E-state index contributed by atoms with van der Waals surface area (Å²) >= 11 is 13.6. The van der Waals surface area contributed by atoms with Crippen LogP contribution < -0.4 is 21.8 Å². The quantitative estimate of drug-likeness (QED) is 0.0472. The molecule has 0 saturated carbocycles. The first-order valence-electron chi connectivity index (χ1n) is 16.8. The van der Waals surface area contributed by atoms with E-state index in [0.29, 0.717) is 49.8 Å². The second kappa shape index (κ2) is 13.9. The molecule has 56 heavy (non-hydrogen) atoms. The highest BCUT2D eigenvalue weighted by atomic mass is 35.5. The molecule has 0 bridgehead atoms. The number of carboxylic acids is 1. The monoisotopic (exact) mass is 787 g/mol. The number of nitrogen functional groups attached to an aromatic ring is 1. The van der Waals surface area contributed by atoms with E-state index >= 15 is 0 Å². The molecule has 0 spiro atoms. The van der Waals surface area contributed by atoms with Crippen molar-refractivity contribution in [2.75, 3.05) is 5.73 Å². The third-order valence-corrected chi connectivity index (χ3v) is 10.2. The number of aliphatic hydroxyl groups excluding tert-OH is 1. The highest BCUT2D eigenvalue weighted by Gasteiger charge is 2.30. The number of halogens is 2. The maximum atomic E-state index is 13.9. The fourth-order valence-corrected chi connectivity index (χ4v) is 7.62. The number of rotatable bonds is 7. The highest BCUT2D eigenvalue weighted by Crippen LogP contribution is 2.47. The molecular formula is C42H27Cl2N3O9. The summed E-state index contributed by atoms with van der Waals surface area (Å²) in [6.45, 7) is -0.135. The Morgan fingerprint density at radius 1 is 0.768 bits per heavy atom. The van der Waals surface area contributed by atoms with Gasteiger partial charge in [0.15, 0.2) is 11.7 Å². The van der Waals surface area contributed by atoms with E-state index in [4.69, 9.17) is 43.2 Å². The lowest BCUT2D eigenvalue weighted by atomic mass is 9.89. The van der Waals surface area contributed by atoms with Crippen LogP contribution in [0.25, 0.3) is 66.8 Å². The number of aliphatic hydroxyl groups is 2. The molecular weight excluding hydrogens is 761 g/mol. The summed E-state index contributed by atoms with van der Waals surface area (Å²) in [6, 6.07) is 24.0. The third kappa shape index (κ3) is 6.26. The van der Waals surface area contributed by atoms with E-state index in [0.717, 1.165) is 6.07 Å². The number of anilines is 1. The average molecular weight is 789 g/mol. The van der Waals surface area contributed by atoms with Gasteiger partial charge >= 0.3 is 5.97 Å². The Morgan fingerprint density at radius 3 is 2.18 bits per heavy atom. The molecule has 0 atom stereocenters. The van der Waals surface area contributed by atoms with Crippen LogP contribution >= 0.6 is 23.2 Å². The molecule has 14 heteroatoms. The molecule has 8 N–H and O–H groups in total. The number of hydrogen-bond donors (Lipinski definition) is 7. The first-order valence-corrected chi connectivity index (χ1v) is 17.6. The normalized spacial score (nSPS) is 11.6. The van der Waals surface area contributed by atoms with Gasteiger partial charge in [0.05, 0.1) is 26.5 Å². The smallest absolute Gasteiger partial charge is 0.337 e. The molecule has 12 nitrogen and oxygen atoms in total. The minimum absolute atomic E-state index is 0.0494. The zero-order valence-corrected chi connectivity index (χ0v) is 30.2. The average Bonchev–Trinajstić information content (AvgIpc) is 3.15. The predicted octanol–water partition coefficient (Wildman–Crippen LogP) is 7.77. The summed E-state index contributed by atoms with van der Waals surface area (Å²) in [5, 5.41) is 53.2. The zero-order valence-electron chi connectivity index (χ0n) is 28.7. The van der Waals surface area contributed by atoms with Crippen molar-refractivity contribution in [2.24, 2.45) is 0 Å². The van der Waals surface area contributed by atoms with E-state index in [9.17, 15) is 34.8 Å². The number of amides is 1. The number of phenols is 1. The van der Waals surface area contributed by atoms with Crippen LogP contribution in [-0.2, 0) is 6.54 Å². The molecule has 278 valence electrons. The molecule has 4 aromatic rings. The number of carbonyl (C=O) groups excluding carboxylic acids is 1. The van der Waals surface area contributed by atoms with Crippen molar-refractivity contribution in [2.45, 2.75) is 12.8 Å². The van der Waals surface area contributed by atoms with Crippen LogP contribution in [0.4, 0.5) is 5.69 Å². The van der Waals surface area contributed by atoms with Crippen molar-refractivity contribution in [3.63, 3.8) is 0 Å². The van der Waals surface area contributed by atoms with Gasteiger partial charge in [0.2, 0.25) is 0 Å². The highest BCUT2D eigenvalue weighted by molar-refractivity contribution is 6.41. The number of aromatic hydroxyl groups is 1. The maximum absolute atomic E-state index is 13.9. The number of nitrogens with two attached hydrogens (primary N) is 1. The van der Waals surface area contributed by atoms with E-state index < -0.39 is 18.2 Å². The number of carbonyl (C=O) groups is 2. The largest absolute Gasteiger partial charge is 0.508 e. The SMILES string of the molecule is N=c1ccc2c(-c3c(Cl)c(C(=O)NCc4ccc(-c5c6ccc(=O)cc-6oc6cc(O)ccc56)c(C(O)O)c4)cc(Cl)c3C(=O)O)c3ccc(N)cc3oc-2c1. The van der Waals surface area contributed by atoms with Gasteiger partial charge in [-0.3, -0.25) is 9.59 Å². The van der Waals surface area contributed by atoms with Gasteiger partial charge in [-0.15, -0.1) is 0 Å². The van der Waals surface area contributed by atoms with Gasteiger partial charge in [-0.05, 0) is 71.8 Å². The molecule has 8 rings (SSSR count). The number of phenolic OH excluding ortho intramolecular Hbond substituents is 1. The molecule has 2 aliphatic carbocycles. The zero-order chi connectivity index (χ0) is 39.6. The van der Waals surface area contributed by atoms with E-state index in [1.807, 2.05) is 0 Å². The molecule has 0 saturated heterocycles. The lowest BCUT2D eigenvalue weighted by Gasteiger charge is -2.21. The van der Waals surface area contributed by atoms with E-state index in [1.54, 1.807) is 48.5 Å². The van der Waals surface area contributed by atoms with Crippen LogP contribution in [0.1, 0.15) is 38.1 Å². The van der Waals surface area contributed by atoms with Gasteiger partial charge in [-0.2, -0.15) is 0 Å². The molecule has 2 aliphatic heterocycles. The van der Waals surface area contributed by atoms with Gasteiger partial charge in [-0.1, -0.05) is 35.3 Å². The summed E-state index contributed by atoms with van der Waals surface area (Å²) in [5.74, 6) is -1.72. The summed E-state index contributed by atoms with van der Waals surface area (Å²) in [6.07, 6.45) is -1.97. The molecule has 0 fully saturated rings. The first kappa shape index (κ1) is 36.3. The van der Waals surface area contributed by atoms with Crippen LogP contribution in [0.3, 0.4) is 0 Å². The maximum Gasteiger partial charge on any atom is 0.337 e. The Labute approximate surface area is 325 Å². The Kier molecular flexibility index (Phi) is 8.98. The van der Waals surface area contributed by atoms with Crippen LogP contribution in [0.5, 0.6) is 5.75 Å². The number of aromatic carboxylic acids is 1. The van der Waals surface area contributed by atoms with Crippen molar-refractivity contribution < 1.29 is 38.8 Å². The van der Waals surface area contributed by atoms with Gasteiger partial charge in [-0.25, -0.2) is 4.79 Å². The minimum Gasteiger partial charge on any atom is -0.508 e. The van der Waals surface area contributed by atoms with Gasteiger partial charge in [0.1, 0.15) is 28.4 Å². The Balaban J connectivity index is 1.21. The topological polar surface area (TPSA) is 220 Å². The Bertz CT molecular complexity index is 3010. The number of hydrogen-bond acceptors (Lipinski definition) is 10. The van der Waals surface area contributed by atoms with Crippen molar-refractivity contribution in [3.8, 4) is 50.7 Å². The van der Waals surface area contributed by atoms with Gasteiger partial charge in [0.25, 0.3) is 5.91 Å². The molecule has 0 unspecified atom stereocenters. The van der Waals surface area contributed by atoms with Gasteiger partial charge < -0.3 is 45.7 Å². The standard InChI is InChI=1S/C42H27Cl2N3O9/c43-30-16-29(39(44)38(37(30)42(53)54)36-26-7-2-19(45)12-31(26)55-32-13-20(46)3-8-27(32)36)40(50)47-17-18-1-6-23(28(11-18)41(51)52)35-24-9-4-21(48)14-33(24)56-34-15-22(49)5-10-25(34)35/h1-16,41,45,48,51-52H,17,46H2,(H,47,50)(H,53,54). The van der Waals surface area contributed by atoms with Crippen LogP contribution in [0, 0.1) is 5.41 Å². The van der Waals surface area contributed by atoms with Crippen LogP contribution in [0.15, 0.2) is 111 Å². The first-order chi connectivity index (χ1) is 26.8. The Morgan fingerprint density at radius 2 is 1.43 bits per heavy atom. The molecule has 0 aromatic heterocycles. The summed E-state index contributed by atoms with van der Waals surface area (Å²) < 4.78 is 12.0. The van der Waals surface area contributed by atoms with Crippen molar-refractivity contribution in [3.05, 3.63) is 145 Å². The summed E-state index contributed by atoms with van der Waals surface area (Å²) in [4.78, 5) is 38.9. The second-order valence-corrected chi connectivity index (χ2v) is 13.8. The summed E-state index contributed by atoms with van der Waals surface area (Å²) in [5.41, 5.74) is 8.74. The van der Waals surface area contributed by atoms with E-state index in [-0.39, 0.29) is 78.1 Å². The predicted molar refractivity (Wildman–Crippen MR) is 210 cm³/mol. The van der Waals surface area contributed by atoms with Crippen LogP contribution in [0.2, 0.25) is 10.0 Å². The second-order valence-electron chi connectivity index (χ2n) is 13.0. The number of fused-ring (bicyclic) bond motifs is 4. The van der Waals surface area contributed by atoms with E-state index in [1.165, 1.54) is 42.5 Å². The molecule has 4 aliphatic rings. The lowest BCUT2D eigenvalue weighted by molar-refractivity contribution is -0.0420. The van der Waals surface area contributed by atoms with Crippen LogP contribution in [-0.4, -0.2) is 32.3 Å². The molecule has 1 amide bonds. The van der Waals surface area contributed by atoms with Crippen molar-refractivity contribution in [1.29, 1.82) is 5.41 Å². The minimum atomic E-state index is -1.97. The lowest BCUT2D eigenvalue weighted by Crippen LogP contribution is -2.24. The Hall–Kier alpha value is -6.70. The molecule has 0 radical (unpaired) electrons. The van der Waals surface area contributed by atoms with Gasteiger partial charge in [0, 0.05) is 80.7 Å². The molecule has 4 aromatic carbocycles. The number of benzene rings is 6.